The van der Waals surface area contributed by atoms with E-state index in [0.29, 0.717) is 18.3 Å². The van der Waals surface area contributed by atoms with Crippen LogP contribution >= 0.6 is 0 Å². The fraction of sp³-hybridized carbons (Fsp3) is 0.625. The number of nitrogens with one attached hydrogen (secondary N) is 1. The molecule has 0 aromatic rings. The molecule has 0 bridgehead atoms. The Labute approximate surface area is 136 Å². The Morgan fingerprint density at radius 2 is 2.22 bits per heavy atom. The summed E-state index contributed by atoms with van der Waals surface area (Å²) >= 11 is 0. The highest BCUT2D eigenvalue weighted by Crippen LogP contribution is 2.31. The van der Waals surface area contributed by atoms with E-state index in [1.807, 2.05) is 0 Å². The Kier molecular flexibility index (Phi) is 6.29. The molecule has 1 heterocycles. The van der Waals surface area contributed by atoms with Crippen molar-refractivity contribution in [2.24, 2.45) is 10.7 Å². The molecule has 0 spiro atoms. The number of nitrogens with zero attached hydrogens (tertiary/aromatic N) is 2. The third-order valence-corrected chi connectivity index (χ3v) is 4.20. The van der Waals surface area contributed by atoms with E-state index in [2.05, 4.69) is 17.0 Å². The van der Waals surface area contributed by atoms with E-state index in [9.17, 15) is 9.18 Å². The van der Waals surface area contributed by atoms with Gasteiger partial charge in [-0.25, -0.2) is 9.38 Å². The minimum absolute atomic E-state index is 0.0321. The number of rotatable bonds is 6. The first-order chi connectivity index (χ1) is 11.1. The molecule has 2 aliphatic rings. The molecule has 7 heteroatoms. The summed E-state index contributed by atoms with van der Waals surface area (Å²) in [4.78, 5) is 17.7. The molecule has 23 heavy (non-hydrogen) atoms. The molecule has 0 saturated heterocycles. The van der Waals surface area contributed by atoms with Gasteiger partial charge in [0, 0.05) is 25.2 Å². The van der Waals surface area contributed by atoms with Gasteiger partial charge in [0.1, 0.15) is 5.70 Å². The van der Waals surface area contributed by atoms with E-state index in [1.54, 1.807) is 4.90 Å². The molecule has 3 N–H and O–H groups in total. The molecule has 2 rings (SSSR count). The van der Waals surface area contributed by atoms with Crippen LogP contribution in [0.4, 0.5) is 4.39 Å². The summed E-state index contributed by atoms with van der Waals surface area (Å²) in [7, 11) is 0. The van der Waals surface area contributed by atoms with Gasteiger partial charge in [0.2, 0.25) is 5.88 Å². The summed E-state index contributed by atoms with van der Waals surface area (Å²) in [6.07, 6.45) is 4.90. The van der Waals surface area contributed by atoms with Gasteiger partial charge < -0.3 is 20.7 Å². The first-order valence-electron chi connectivity index (χ1n) is 8.00. The van der Waals surface area contributed by atoms with Crippen molar-refractivity contribution in [3.63, 3.8) is 0 Å². The number of amides is 1. The number of carbonyl (C=O) groups excluding carboxylic acids is 1. The highest BCUT2D eigenvalue weighted by atomic mass is 19.1. The van der Waals surface area contributed by atoms with Crippen molar-refractivity contribution in [3.05, 3.63) is 23.5 Å². The van der Waals surface area contributed by atoms with Gasteiger partial charge in [-0.05, 0) is 45.4 Å². The van der Waals surface area contributed by atoms with Gasteiger partial charge in [-0.15, -0.1) is 0 Å². The molecule has 1 aliphatic heterocycles. The number of nitrogens with two attached hydrogens (primary N) is 1. The van der Waals surface area contributed by atoms with Crippen molar-refractivity contribution < 1.29 is 13.9 Å². The zero-order chi connectivity index (χ0) is 16.8. The first kappa shape index (κ1) is 17.6. The summed E-state index contributed by atoms with van der Waals surface area (Å²) in [5.41, 5.74) is 5.88. The topological polar surface area (TPSA) is 80.0 Å². The predicted octanol–water partition coefficient (Wildman–Crippen LogP) is 1.45. The number of aliphatic imine (C=N–C) groups is 1. The van der Waals surface area contributed by atoms with Crippen LogP contribution < -0.4 is 11.1 Å². The van der Waals surface area contributed by atoms with E-state index in [0.717, 1.165) is 32.2 Å². The summed E-state index contributed by atoms with van der Waals surface area (Å²) in [6, 6.07) is 0.457. The summed E-state index contributed by atoms with van der Waals surface area (Å²) in [6.45, 7) is 6.11. The molecule has 1 saturated carbocycles. The Balaban J connectivity index is 2.14. The number of halogens is 1. The molecule has 1 aliphatic carbocycles. The number of hydrogen-bond donors (Lipinski definition) is 2. The molecule has 0 radical (unpaired) electrons. The minimum Gasteiger partial charge on any atom is -0.466 e. The van der Waals surface area contributed by atoms with Crippen molar-refractivity contribution in [3.8, 4) is 0 Å². The van der Waals surface area contributed by atoms with Gasteiger partial charge >= 0.3 is 0 Å². The zero-order valence-corrected chi connectivity index (χ0v) is 13.6. The molecule has 0 atom stereocenters. The van der Waals surface area contributed by atoms with Gasteiger partial charge in [-0.2, -0.15) is 0 Å². The van der Waals surface area contributed by atoms with Crippen LogP contribution in [0.5, 0.6) is 0 Å². The van der Waals surface area contributed by atoms with Gasteiger partial charge in [0.25, 0.3) is 5.91 Å². The highest BCUT2D eigenvalue weighted by Gasteiger charge is 2.35. The predicted molar refractivity (Wildman–Crippen MR) is 87.3 cm³/mol. The van der Waals surface area contributed by atoms with Crippen LogP contribution in [0.1, 0.15) is 32.6 Å². The second-order valence-electron chi connectivity index (χ2n) is 5.88. The Morgan fingerprint density at radius 1 is 1.52 bits per heavy atom. The molecular formula is C16H25FN4O2. The molecular weight excluding hydrogens is 299 g/mol. The summed E-state index contributed by atoms with van der Waals surface area (Å²) in [5.74, 6) is -0.351. The molecule has 128 valence electrons. The molecule has 1 fully saturated rings. The lowest BCUT2D eigenvalue weighted by Crippen LogP contribution is -2.48. The quantitative estimate of drug-likeness (QED) is 0.725. The third-order valence-electron chi connectivity index (χ3n) is 4.20. The molecule has 1 amide bonds. The molecule has 6 nitrogen and oxygen atoms in total. The average molecular weight is 324 g/mol. The van der Waals surface area contributed by atoms with Crippen LogP contribution in [0.2, 0.25) is 0 Å². The van der Waals surface area contributed by atoms with Crippen LogP contribution in [0, 0.1) is 0 Å². The fourth-order valence-electron chi connectivity index (χ4n) is 3.18. The van der Waals surface area contributed by atoms with Gasteiger partial charge in [0.15, 0.2) is 6.61 Å². The normalized spacial score (nSPS) is 26.3. The fourth-order valence-corrected chi connectivity index (χ4v) is 3.18. The van der Waals surface area contributed by atoms with E-state index in [-0.39, 0.29) is 24.4 Å². The van der Waals surface area contributed by atoms with Crippen molar-refractivity contribution in [1.82, 2.24) is 10.2 Å². The monoisotopic (exact) mass is 324 g/mol. The second kappa shape index (κ2) is 8.21. The Hall–Kier alpha value is -1.73. The standard InChI is InChI=1S/C16H25FN4O2/c1-11(17)9-14-16(19-2)23-10-15(22)21(14)13-5-3-12(4-6-13)20-8-7-18/h9,12-13,20H,2-8,10,18H2,1H3/b11-9+. The lowest BCUT2D eigenvalue weighted by Gasteiger charge is -2.39. The van der Waals surface area contributed by atoms with Crippen LogP contribution in [-0.4, -0.2) is 49.3 Å². The average Bonchev–Trinajstić information content (AvgIpc) is 2.54. The van der Waals surface area contributed by atoms with Gasteiger partial charge in [-0.1, -0.05) is 0 Å². The third kappa shape index (κ3) is 4.39. The number of ether oxygens (including phenoxy) is 1. The highest BCUT2D eigenvalue weighted by molar-refractivity contribution is 5.81. The lowest BCUT2D eigenvalue weighted by atomic mass is 9.89. The number of allylic oxidation sites excluding steroid dienone is 2. The van der Waals surface area contributed by atoms with Crippen LogP contribution in [0.15, 0.2) is 28.5 Å². The molecule has 0 aromatic carbocycles. The largest absolute Gasteiger partial charge is 0.466 e. The van der Waals surface area contributed by atoms with Gasteiger partial charge in [0.05, 0.1) is 5.83 Å². The van der Waals surface area contributed by atoms with Crippen molar-refractivity contribution in [2.45, 2.75) is 44.7 Å². The SMILES string of the molecule is C=NC1=C(/C=C(\C)F)N(C2CCC(NCCN)CC2)C(=O)CO1. The second-order valence-corrected chi connectivity index (χ2v) is 5.88. The van der Waals surface area contributed by atoms with Crippen LogP contribution in [0.25, 0.3) is 0 Å². The minimum atomic E-state index is -0.400. The van der Waals surface area contributed by atoms with Gasteiger partial charge in [-0.3, -0.25) is 4.79 Å². The Bertz CT molecular complexity index is 506. The van der Waals surface area contributed by atoms with Crippen LogP contribution in [-0.2, 0) is 9.53 Å². The maximum atomic E-state index is 13.4. The summed E-state index contributed by atoms with van der Waals surface area (Å²) in [5, 5.41) is 3.40. The van der Waals surface area contributed by atoms with Crippen molar-refractivity contribution in [2.75, 3.05) is 19.7 Å². The molecule has 0 unspecified atom stereocenters. The van der Waals surface area contributed by atoms with E-state index in [4.69, 9.17) is 10.5 Å². The number of hydrogen-bond acceptors (Lipinski definition) is 5. The van der Waals surface area contributed by atoms with E-state index < -0.39 is 5.83 Å². The lowest BCUT2D eigenvalue weighted by molar-refractivity contribution is -0.138. The number of carbonyl (C=O) groups is 1. The van der Waals surface area contributed by atoms with Crippen LogP contribution in [0.3, 0.4) is 0 Å². The van der Waals surface area contributed by atoms with Crippen molar-refractivity contribution in [1.29, 1.82) is 0 Å². The maximum absolute atomic E-state index is 13.4. The van der Waals surface area contributed by atoms with E-state index >= 15 is 0 Å². The Morgan fingerprint density at radius 3 is 2.78 bits per heavy atom. The smallest absolute Gasteiger partial charge is 0.265 e. The van der Waals surface area contributed by atoms with E-state index in [1.165, 1.54) is 13.0 Å². The first-order valence-corrected chi connectivity index (χ1v) is 8.00. The van der Waals surface area contributed by atoms with Crippen molar-refractivity contribution >= 4 is 12.6 Å². The zero-order valence-electron chi connectivity index (χ0n) is 13.6. The summed E-state index contributed by atoms with van der Waals surface area (Å²) < 4.78 is 18.7. The molecule has 0 aromatic heterocycles. The maximum Gasteiger partial charge on any atom is 0.265 e.